The fourth-order valence-corrected chi connectivity index (χ4v) is 3.78. The van der Waals surface area contributed by atoms with Gasteiger partial charge in [0, 0.05) is 25.9 Å². The molecule has 138 valence electrons. The number of hydrogen-bond donors (Lipinski definition) is 1. The van der Waals surface area contributed by atoms with E-state index in [1.165, 1.54) is 0 Å². The first kappa shape index (κ1) is 17.1. The van der Waals surface area contributed by atoms with Crippen molar-refractivity contribution in [2.45, 2.75) is 32.5 Å². The zero-order valence-corrected chi connectivity index (χ0v) is 15.2. The zero-order chi connectivity index (χ0) is 18.1. The second kappa shape index (κ2) is 6.78. The van der Waals surface area contributed by atoms with Gasteiger partial charge in [-0.25, -0.2) is 0 Å². The maximum Gasteiger partial charge on any atom is 0.291 e. The number of benzene rings is 1. The van der Waals surface area contributed by atoms with Gasteiger partial charge in [0.1, 0.15) is 5.76 Å². The van der Waals surface area contributed by atoms with Crippen molar-refractivity contribution < 1.29 is 18.7 Å². The van der Waals surface area contributed by atoms with Crippen LogP contribution < -0.4 is 10.2 Å². The molecule has 1 N–H and O–H groups in total. The molecule has 0 saturated carbocycles. The van der Waals surface area contributed by atoms with Crippen molar-refractivity contribution >= 4 is 17.3 Å². The standard InChI is InChI=1S/C20H24N2O4/c1-14-4-3-5-16(21-19(23)17-7-6-15(2)26-17)18(14)22-10-8-20(9-11-22)24-12-13-25-20/h3-7H,8-13H2,1-2H3,(H,21,23). The number of para-hydroxylation sites is 1. The molecule has 4 rings (SSSR count). The Balaban J connectivity index is 1.54. The predicted octanol–water partition coefficient (Wildman–Crippen LogP) is 3.49. The smallest absolute Gasteiger partial charge is 0.291 e. The summed E-state index contributed by atoms with van der Waals surface area (Å²) < 4.78 is 17.1. The lowest BCUT2D eigenvalue weighted by atomic mass is 10.0. The van der Waals surface area contributed by atoms with Crippen LogP contribution in [-0.4, -0.2) is 38.0 Å². The van der Waals surface area contributed by atoms with E-state index in [2.05, 4.69) is 23.2 Å². The number of nitrogens with zero attached hydrogens (tertiary/aromatic N) is 1. The van der Waals surface area contributed by atoms with Gasteiger partial charge in [0.05, 0.1) is 24.6 Å². The monoisotopic (exact) mass is 356 g/mol. The van der Waals surface area contributed by atoms with Gasteiger partial charge in [-0.15, -0.1) is 0 Å². The number of furan rings is 1. The molecule has 3 heterocycles. The molecule has 26 heavy (non-hydrogen) atoms. The van der Waals surface area contributed by atoms with Gasteiger partial charge in [-0.05, 0) is 37.6 Å². The van der Waals surface area contributed by atoms with Crippen molar-refractivity contribution in [3.8, 4) is 0 Å². The number of anilines is 2. The minimum Gasteiger partial charge on any atom is -0.456 e. The van der Waals surface area contributed by atoms with Crippen molar-refractivity contribution in [2.75, 3.05) is 36.5 Å². The van der Waals surface area contributed by atoms with Gasteiger partial charge in [0.15, 0.2) is 11.5 Å². The molecular weight excluding hydrogens is 332 g/mol. The maximum absolute atomic E-state index is 12.5. The van der Waals surface area contributed by atoms with E-state index in [0.29, 0.717) is 19.0 Å². The molecule has 0 atom stereocenters. The number of amides is 1. The van der Waals surface area contributed by atoms with Crippen LogP contribution in [0, 0.1) is 13.8 Å². The Morgan fingerprint density at radius 3 is 2.46 bits per heavy atom. The summed E-state index contributed by atoms with van der Waals surface area (Å²) in [5.41, 5.74) is 2.98. The number of nitrogens with one attached hydrogen (secondary N) is 1. The van der Waals surface area contributed by atoms with Crippen molar-refractivity contribution in [3.05, 3.63) is 47.4 Å². The van der Waals surface area contributed by atoms with Crippen LogP contribution in [0.4, 0.5) is 11.4 Å². The van der Waals surface area contributed by atoms with Gasteiger partial charge in [-0.2, -0.15) is 0 Å². The first-order chi connectivity index (χ1) is 12.6. The van der Waals surface area contributed by atoms with Crippen LogP contribution in [0.1, 0.15) is 34.7 Å². The van der Waals surface area contributed by atoms with Crippen LogP contribution in [-0.2, 0) is 9.47 Å². The Morgan fingerprint density at radius 1 is 1.08 bits per heavy atom. The summed E-state index contributed by atoms with van der Waals surface area (Å²) in [5, 5.41) is 3.00. The Morgan fingerprint density at radius 2 is 1.81 bits per heavy atom. The number of aryl methyl sites for hydroxylation is 2. The summed E-state index contributed by atoms with van der Waals surface area (Å²) >= 11 is 0. The van der Waals surface area contributed by atoms with E-state index >= 15 is 0 Å². The van der Waals surface area contributed by atoms with Gasteiger partial charge in [-0.3, -0.25) is 4.79 Å². The van der Waals surface area contributed by atoms with E-state index in [4.69, 9.17) is 13.9 Å². The van der Waals surface area contributed by atoms with E-state index in [1.807, 2.05) is 19.1 Å². The molecule has 0 radical (unpaired) electrons. The summed E-state index contributed by atoms with van der Waals surface area (Å²) in [5.74, 6) is 0.396. The largest absolute Gasteiger partial charge is 0.456 e. The van der Waals surface area contributed by atoms with Crippen molar-refractivity contribution in [2.24, 2.45) is 0 Å². The summed E-state index contributed by atoms with van der Waals surface area (Å²) in [4.78, 5) is 14.8. The average molecular weight is 356 g/mol. The van der Waals surface area contributed by atoms with E-state index in [0.717, 1.165) is 48.6 Å². The molecule has 0 unspecified atom stereocenters. The van der Waals surface area contributed by atoms with E-state index < -0.39 is 5.79 Å². The van der Waals surface area contributed by atoms with Crippen LogP contribution in [0.5, 0.6) is 0 Å². The molecule has 1 aromatic carbocycles. The zero-order valence-electron chi connectivity index (χ0n) is 15.2. The van der Waals surface area contributed by atoms with E-state index in [-0.39, 0.29) is 5.91 Å². The summed E-state index contributed by atoms with van der Waals surface area (Å²) in [7, 11) is 0. The third-order valence-electron chi connectivity index (χ3n) is 5.11. The topological polar surface area (TPSA) is 63.9 Å². The lowest BCUT2D eigenvalue weighted by Crippen LogP contribution is -2.45. The third kappa shape index (κ3) is 3.22. The maximum atomic E-state index is 12.5. The molecule has 2 aliphatic rings. The Hall–Kier alpha value is -2.31. The van der Waals surface area contributed by atoms with Gasteiger partial charge < -0.3 is 24.1 Å². The molecule has 2 aromatic rings. The number of hydrogen-bond acceptors (Lipinski definition) is 5. The van der Waals surface area contributed by atoms with Gasteiger partial charge in [0.2, 0.25) is 0 Å². The number of carbonyl (C=O) groups is 1. The molecule has 0 bridgehead atoms. The molecule has 1 amide bonds. The first-order valence-corrected chi connectivity index (χ1v) is 9.07. The molecular formula is C20H24N2O4. The van der Waals surface area contributed by atoms with Crippen LogP contribution in [0.2, 0.25) is 0 Å². The highest BCUT2D eigenvalue weighted by molar-refractivity contribution is 6.04. The summed E-state index contributed by atoms with van der Waals surface area (Å²) in [6, 6.07) is 9.44. The lowest BCUT2D eigenvalue weighted by molar-refractivity contribution is -0.169. The quantitative estimate of drug-likeness (QED) is 0.912. The van der Waals surface area contributed by atoms with Crippen LogP contribution in [0.25, 0.3) is 0 Å². The van der Waals surface area contributed by atoms with Gasteiger partial charge >= 0.3 is 0 Å². The second-order valence-electron chi connectivity index (χ2n) is 6.93. The molecule has 1 aromatic heterocycles. The Bertz CT molecular complexity index is 798. The minimum atomic E-state index is -0.408. The molecule has 1 spiro atoms. The second-order valence-corrected chi connectivity index (χ2v) is 6.93. The fraction of sp³-hybridized carbons (Fsp3) is 0.450. The highest BCUT2D eigenvalue weighted by Gasteiger charge is 2.40. The van der Waals surface area contributed by atoms with E-state index in [9.17, 15) is 4.79 Å². The van der Waals surface area contributed by atoms with Crippen LogP contribution in [0.3, 0.4) is 0 Å². The van der Waals surface area contributed by atoms with Gasteiger partial charge in [0.25, 0.3) is 5.91 Å². The number of rotatable bonds is 3. The van der Waals surface area contributed by atoms with Crippen LogP contribution in [0.15, 0.2) is 34.7 Å². The first-order valence-electron chi connectivity index (χ1n) is 9.07. The van der Waals surface area contributed by atoms with Crippen LogP contribution >= 0.6 is 0 Å². The van der Waals surface area contributed by atoms with Crippen molar-refractivity contribution in [1.82, 2.24) is 0 Å². The molecule has 2 saturated heterocycles. The minimum absolute atomic E-state index is 0.235. The van der Waals surface area contributed by atoms with Crippen molar-refractivity contribution in [3.63, 3.8) is 0 Å². The summed E-state index contributed by atoms with van der Waals surface area (Å²) in [6.45, 7) is 6.89. The normalized spacial score (nSPS) is 19.1. The predicted molar refractivity (Wildman–Crippen MR) is 98.7 cm³/mol. The van der Waals surface area contributed by atoms with Gasteiger partial charge in [-0.1, -0.05) is 12.1 Å². The SMILES string of the molecule is Cc1ccc(C(=O)Nc2cccc(C)c2N2CCC3(CC2)OCCO3)o1. The highest BCUT2D eigenvalue weighted by Crippen LogP contribution is 2.37. The van der Waals surface area contributed by atoms with Crippen molar-refractivity contribution in [1.29, 1.82) is 0 Å². The molecule has 6 nitrogen and oxygen atoms in total. The Labute approximate surface area is 153 Å². The molecule has 0 aliphatic carbocycles. The molecule has 2 fully saturated rings. The lowest BCUT2D eigenvalue weighted by Gasteiger charge is -2.39. The van der Waals surface area contributed by atoms with E-state index in [1.54, 1.807) is 12.1 Å². The third-order valence-corrected chi connectivity index (χ3v) is 5.11. The highest BCUT2D eigenvalue weighted by atomic mass is 16.7. The molecule has 6 heteroatoms. The number of ether oxygens (including phenoxy) is 2. The summed E-state index contributed by atoms with van der Waals surface area (Å²) in [6.07, 6.45) is 1.65. The number of carbonyl (C=O) groups excluding carboxylic acids is 1. The fourth-order valence-electron chi connectivity index (χ4n) is 3.78. The molecule has 2 aliphatic heterocycles. The number of piperidine rings is 1. The Kier molecular flexibility index (Phi) is 4.46. The average Bonchev–Trinajstić information content (AvgIpc) is 3.26.